The number of carbonyl (C=O) groups excluding carboxylic acids is 2. The molecule has 2 aromatic rings. The molecule has 1 aliphatic heterocycles. The van der Waals surface area contributed by atoms with Crippen LogP contribution in [0.5, 0.6) is 0 Å². The van der Waals surface area contributed by atoms with Crippen LogP contribution in [-0.4, -0.2) is 47.8 Å². The SMILES string of the molecule is O=C(CCC1CCCC1)N1CCN(C(=O)c2sc3ccccc3c2Cl)CC1. The molecule has 1 aromatic heterocycles. The molecule has 2 aliphatic rings. The molecule has 4 nitrogen and oxygen atoms in total. The van der Waals surface area contributed by atoms with Crippen molar-refractivity contribution in [2.75, 3.05) is 26.2 Å². The minimum Gasteiger partial charge on any atom is -0.339 e. The van der Waals surface area contributed by atoms with Crippen molar-refractivity contribution in [2.45, 2.75) is 38.5 Å². The fraction of sp³-hybridized carbons (Fsp3) is 0.524. The fourth-order valence-corrected chi connectivity index (χ4v) is 5.72. The highest BCUT2D eigenvalue weighted by Crippen LogP contribution is 2.36. The summed E-state index contributed by atoms with van der Waals surface area (Å²) in [4.78, 5) is 29.8. The molecule has 4 rings (SSSR count). The van der Waals surface area contributed by atoms with Crippen molar-refractivity contribution < 1.29 is 9.59 Å². The van der Waals surface area contributed by atoms with E-state index in [1.165, 1.54) is 37.0 Å². The van der Waals surface area contributed by atoms with E-state index in [0.717, 1.165) is 22.4 Å². The maximum Gasteiger partial charge on any atom is 0.265 e. The van der Waals surface area contributed by atoms with Crippen molar-refractivity contribution in [3.05, 3.63) is 34.2 Å². The first-order valence-corrected chi connectivity index (χ1v) is 11.1. The topological polar surface area (TPSA) is 40.6 Å². The molecule has 27 heavy (non-hydrogen) atoms. The number of rotatable bonds is 4. The highest BCUT2D eigenvalue weighted by Gasteiger charge is 2.28. The molecule has 0 unspecified atom stereocenters. The Kier molecular flexibility index (Phi) is 5.69. The molecular weight excluding hydrogens is 380 g/mol. The molecule has 1 saturated heterocycles. The quantitative estimate of drug-likeness (QED) is 0.733. The number of hydrogen-bond donors (Lipinski definition) is 0. The molecule has 0 radical (unpaired) electrons. The zero-order valence-electron chi connectivity index (χ0n) is 15.5. The summed E-state index contributed by atoms with van der Waals surface area (Å²) in [5, 5.41) is 1.49. The fourth-order valence-electron chi connectivity index (χ4n) is 4.24. The second-order valence-electron chi connectivity index (χ2n) is 7.60. The molecule has 1 saturated carbocycles. The summed E-state index contributed by atoms with van der Waals surface area (Å²) < 4.78 is 1.03. The van der Waals surface area contributed by atoms with Crippen molar-refractivity contribution in [3.63, 3.8) is 0 Å². The van der Waals surface area contributed by atoms with Crippen LogP contribution in [0.2, 0.25) is 5.02 Å². The molecule has 2 fully saturated rings. The van der Waals surface area contributed by atoms with Gasteiger partial charge in [0.05, 0.1) is 5.02 Å². The first-order chi connectivity index (χ1) is 13.1. The number of halogens is 1. The summed E-state index contributed by atoms with van der Waals surface area (Å²) in [6.45, 7) is 2.41. The Morgan fingerprint density at radius 2 is 1.70 bits per heavy atom. The second-order valence-corrected chi connectivity index (χ2v) is 9.03. The number of fused-ring (bicyclic) bond motifs is 1. The number of carbonyl (C=O) groups is 2. The standard InChI is InChI=1S/C21H25ClN2O2S/c22-19-16-7-3-4-8-17(16)27-20(19)21(26)24-13-11-23(12-14-24)18(25)10-9-15-5-1-2-6-15/h3-4,7-8,15H,1-2,5-6,9-14H2. The van der Waals surface area contributed by atoms with Crippen molar-refractivity contribution in [3.8, 4) is 0 Å². The summed E-state index contributed by atoms with van der Waals surface area (Å²) in [6.07, 6.45) is 6.88. The molecule has 1 aliphatic carbocycles. The van der Waals surface area contributed by atoms with Crippen molar-refractivity contribution >= 4 is 44.8 Å². The van der Waals surface area contributed by atoms with Crippen LogP contribution in [0.3, 0.4) is 0 Å². The van der Waals surface area contributed by atoms with Gasteiger partial charge in [-0.05, 0) is 18.4 Å². The average molecular weight is 405 g/mol. The van der Waals surface area contributed by atoms with Crippen molar-refractivity contribution in [1.82, 2.24) is 9.80 Å². The monoisotopic (exact) mass is 404 g/mol. The van der Waals surface area contributed by atoms with Gasteiger partial charge in [0, 0.05) is 42.7 Å². The van der Waals surface area contributed by atoms with Gasteiger partial charge in [0.15, 0.2) is 0 Å². The number of amides is 2. The Hall–Kier alpha value is -1.59. The van der Waals surface area contributed by atoms with Gasteiger partial charge >= 0.3 is 0 Å². The Morgan fingerprint density at radius 3 is 2.41 bits per heavy atom. The lowest BCUT2D eigenvalue weighted by molar-refractivity contribution is -0.133. The van der Waals surface area contributed by atoms with E-state index in [9.17, 15) is 9.59 Å². The Balaban J connectivity index is 1.33. The summed E-state index contributed by atoms with van der Waals surface area (Å²) >= 11 is 7.90. The predicted molar refractivity (Wildman–Crippen MR) is 111 cm³/mol. The highest BCUT2D eigenvalue weighted by molar-refractivity contribution is 7.21. The minimum absolute atomic E-state index is 0.0146. The first kappa shape index (κ1) is 18.8. The third-order valence-electron chi connectivity index (χ3n) is 5.89. The van der Waals surface area contributed by atoms with Crippen LogP contribution in [0.4, 0.5) is 0 Å². The predicted octanol–water partition coefficient (Wildman–Crippen LogP) is 4.81. The summed E-state index contributed by atoms with van der Waals surface area (Å²) in [6, 6.07) is 7.83. The van der Waals surface area contributed by atoms with Crippen molar-refractivity contribution in [1.29, 1.82) is 0 Å². The molecule has 0 bridgehead atoms. The largest absolute Gasteiger partial charge is 0.339 e. The molecule has 0 N–H and O–H groups in total. The number of nitrogens with zero attached hydrogens (tertiary/aromatic N) is 2. The van der Waals surface area contributed by atoms with Gasteiger partial charge in [-0.25, -0.2) is 0 Å². The van der Waals surface area contributed by atoms with Crippen LogP contribution in [0.25, 0.3) is 10.1 Å². The van der Waals surface area contributed by atoms with Crippen LogP contribution in [0, 0.1) is 5.92 Å². The molecule has 144 valence electrons. The van der Waals surface area contributed by atoms with E-state index in [-0.39, 0.29) is 11.8 Å². The third-order valence-corrected chi connectivity index (χ3v) is 7.55. The van der Waals surface area contributed by atoms with E-state index in [0.29, 0.717) is 42.5 Å². The smallest absolute Gasteiger partial charge is 0.265 e. The number of piperazine rings is 1. The molecule has 2 heterocycles. The lowest BCUT2D eigenvalue weighted by Gasteiger charge is -2.34. The molecule has 0 atom stereocenters. The lowest BCUT2D eigenvalue weighted by Crippen LogP contribution is -2.50. The van der Waals surface area contributed by atoms with Gasteiger partial charge < -0.3 is 9.80 Å². The number of hydrogen-bond acceptors (Lipinski definition) is 3. The van der Waals surface area contributed by atoms with Gasteiger partial charge in [0.2, 0.25) is 5.91 Å². The molecular formula is C21H25ClN2O2S. The zero-order chi connectivity index (χ0) is 18.8. The van der Waals surface area contributed by atoms with Gasteiger partial charge in [-0.2, -0.15) is 0 Å². The minimum atomic E-state index is -0.0146. The Labute approximate surface area is 169 Å². The second kappa shape index (κ2) is 8.19. The summed E-state index contributed by atoms with van der Waals surface area (Å²) in [5.41, 5.74) is 0. The molecule has 0 spiro atoms. The van der Waals surface area contributed by atoms with E-state index in [2.05, 4.69) is 0 Å². The zero-order valence-corrected chi connectivity index (χ0v) is 17.0. The van der Waals surface area contributed by atoms with Crippen molar-refractivity contribution in [2.24, 2.45) is 5.92 Å². The van der Waals surface area contributed by atoms with E-state index in [1.807, 2.05) is 34.1 Å². The Bertz CT molecular complexity index is 836. The summed E-state index contributed by atoms with van der Waals surface area (Å²) in [7, 11) is 0. The van der Waals surface area contributed by atoms with Crippen LogP contribution in [0.15, 0.2) is 24.3 Å². The van der Waals surface area contributed by atoms with Gasteiger partial charge in [-0.1, -0.05) is 55.5 Å². The van der Waals surface area contributed by atoms with Crippen LogP contribution < -0.4 is 0 Å². The lowest BCUT2D eigenvalue weighted by atomic mass is 10.0. The molecule has 1 aromatic carbocycles. The van der Waals surface area contributed by atoms with E-state index in [1.54, 1.807) is 0 Å². The summed E-state index contributed by atoms with van der Waals surface area (Å²) in [5.74, 6) is 0.972. The first-order valence-electron chi connectivity index (χ1n) is 9.87. The number of thiophene rings is 1. The molecule has 6 heteroatoms. The van der Waals surface area contributed by atoms with Gasteiger partial charge in [-0.15, -0.1) is 11.3 Å². The average Bonchev–Trinajstić information content (AvgIpc) is 3.34. The normalized spacial score (nSPS) is 18.4. The van der Waals surface area contributed by atoms with Crippen LogP contribution >= 0.6 is 22.9 Å². The highest BCUT2D eigenvalue weighted by atomic mass is 35.5. The number of benzene rings is 1. The molecule has 2 amide bonds. The van der Waals surface area contributed by atoms with E-state index >= 15 is 0 Å². The Morgan fingerprint density at radius 1 is 1.04 bits per heavy atom. The third kappa shape index (κ3) is 3.99. The van der Waals surface area contributed by atoms with Gasteiger partial charge in [-0.3, -0.25) is 9.59 Å². The van der Waals surface area contributed by atoms with E-state index < -0.39 is 0 Å². The van der Waals surface area contributed by atoms with Gasteiger partial charge in [0.25, 0.3) is 5.91 Å². The maximum atomic E-state index is 12.9. The van der Waals surface area contributed by atoms with E-state index in [4.69, 9.17) is 11.6 Å². The van der Waals surface area contributed by atoms with Crippen LogP contribution in [-0.2, 0) is 4.79 Å². The van der Waals surface area contributed by atoms with Gasteiger partial charge in [0.1, 0.15) is 4.88 Å². The van der Waals surface area contributed by atoms with Crippen LogP contribution in [0.1, 0.15) is 48.2 Å². The maximum absolute atomic E-state index is 12.9.